The molecule has 0 saturated heterocycles. The van der Waals surface area contributed by atoms with Gasteiger partial charge in [0, 0.05) is 33.8 Å². The molecule has 0 saturated carbocycles. The Bertz CT molecular complexity index is 618. The van der Waals surface area contributed by atoms with Crippen molar-refractivity contribution in [3.8, 4) is 0 Å². The van der Waals surface area contributed by atoms with Gasteiger partial charge in [-0.3, -0.25) is 4.79 Å². The van der Waals surface area contributed by atoms with Crippen molar-refractivity contribution in [1.29, 1.82) is 0 Å². The van der Waals surface area contributed by atoms with Gasteiger partial charge in [-0.15, -0.1) is 11.3 Å². The van der Waals surface area contributed by atoms with E-state index in [9.17, 15) is 9.59 Å². The van der Waals surface area contributed by atoms with Crippen molar-refractivity contribution in [1.82, 2.24) is 4.90 Å². The summed E-state index contributed by atoms with van der Waals surface area (Å²) in [7, 11) is 0. The quantitative estimate of drug-likeness (QED) is 0.664. The maximum absolute atomic E-state index is 12.7. The van der Waals surface area contributed by atoms with E-state index in [0.717, 1.165) is 15.8 Å². The predicted molar refractivity (Wildman–Crippen MR) is 96.5 cm³/mol. The molecule has 0 spiro atoms. The minimum Gasteiger partial charge on any atom is -0.450 e. The zero-order valence-electron chi connectivity index (χ0n) is 14.4. The summed E-state index contributed by atoms with van der Waals surface area (Å²) in [6.45, 7) is 11.4. The number of ketones is 1. The van der Waals surface area contributed by atoms with Crippen molar-refractivity contribution in [2.45, 2.75) is 47.0 Å². The van der Waals surface area contributed by atoms with Crippen molar-refractivity contribution < 1.29 is 14.3 Å². The van der Waals surface area contributed by atoms with E-state index in [4.69, 9.17) is 4.74 Å². The van der Waals surface area contributed by atoms with Crippen LogP contribution < -0.4 is 0 Å². The number of amides is 1. The molecule has 1 amide bonds. The third-order valence-electron chi connectivity index (χ3n) is 3.97. The van der Waals surface area contributed by atoms with Crippen LogP contribution in [0.3, 0.4) is 0 Å². The normalized spacial score (nSPS) is 18.3. The molecule has 1 atom stereocenters. The fourth-order valence-electron chi connectivity index (χ4n) is 2.76. The maximum Gasteiger partial charge on any atom is 0.409 e. The molecule has 6 heteroatoms. The Morgan fingerprint density at radius 1 is 1.39 bits per heavy atom. The van der Waals surface area contributed by atoms with Crippen molar-refractivity contribution in [3.05, 3.63) is 19.8 Å². The van der Waals surface area contributed by atoms with Gasteiger partial charge in [0.2, 0.25) is 0 Å². The Labute approximate surface area is 150 Å². The molecule has 2 rings (SSSR count). The van der Waals surface area contributed by atoms with Gasteiger partial charge in [-0.25, -0.2) is 4.79 Å². The third-order valence-corrected chi connectivity index (χ3v) is 6.32. The predicted octanol–water partition coefficient (Wildman–Crippen LogP) is 4.86. The lowest BCUT2D eigenvalue weighted by Gasteiger charge is -2.22. The maximum atomic E-state index is 12.7. The van der Waals surface area contributed by atoms with Crippen LogP contribution in [0.1, 0.15) is 60.6 Å². The summed E-state index contributed by atoms with van der Waals surface area (Å²) in [6, 6.07) is 0. The largest absolute Gasteiger partial charge is 0.450 e. The fraction of sp³-hybridized carbons (Fsp3) is 0.647. The minimum absolute atomic E-state index is 0.164. The number of rotatable bonds is 2. The molecule has 1 aromatic heterocycles. The van der Waals surface area contributed by atoms with Crippen LogP contribution in [-0.4, -0.2) is 36.5 Å². The molecule has 0 aromatic carbocycles. The highest BCUT2D eigenvalue weighted by Gasteiger charge is 2.33. The van der Waals surface area contributed by atoms with Crippen LogP contribution in [0.2, 0.25) is 0 Å². The second kappa shape index (κ2) is 6.93. The molecule has 1 aliphatic rings. The van der Waals surface area contributed by atoms with E-state index in [1.54, 1.807) is 16.2 Å². The third kappa shape index (κ3) is 3.79. The average molecular weight is 402 g/mol. The summed E-state index contributed by atoms with van der Waals surface area (Å²) >= 11 is 5.21. The first-order valence-electron chi connectivity index (χ1n) is 7.94. The molecule has 128 valence electrons. The molecule has 23 heavy (non-hydrogen) atoms. The molecule has 1 aromatic rings. The van der Waals surface area contributed by atoms with Gasteiger partial charge in [0.25, 0.3) is 0 Å². The van der Waals surface area contributed by atoms with Gasteiger partial charge in [0.1, 0.15) is 0 Å². The van der Waals surface area contributed by atoms with Crippen molar-refractivity contribution in [2.75, 3.05) is 19.7 Å². The highest BCUT2D eigenvalue weighted by Crippen LogP contribution is 2.42. The topological polar surface area (TPSA) is 46.6 Å². The van der Waals surface area contributed by atoms with Crippen LogP contribution in [0, 0.1) is 5.41 Å². The number of hydrogen-bond acceptors (Lipinski definition) is 4. The van der Waals surface area contributed by atoms with Crippen LogP contribution in [-0.2, 0) is 11.2 Å². The van der Waals surface area contributed by atoms with Crippen LogP contribution in [0.5, 0.6) is 0 Å². The lowest BCUT2D eigenvalue weighted by molar-refractivity contribution is 0.0861. The summed E-state index contributed by atoms with van der Waals surface area (Å²) in [4.78, 5) is 28.4. The Hall–Kier alpha value is -0.880. The second-order valence-corrected chi connectivity index (χ2v) is 8.86. The summed E-state index contributed by atoms with van der Waals surface area (Å²) in [5.41, 5.74) is 0.779. The highest BCUT2D eigenvalue weighted by molar-refractivity contribution is 9.10. The monoisotopic (exact) mass is 401 g/mol. The second-order valence-electron chi connectivity index (χ2n) is 6.96. The summed E-state index contributed by atoms with van der Waals surface area (Å²) in [5.74, 6) is 0.334. The molecule has 0 radical (unpaired) electrons. The van der Waals surface area contributed by atoms with Gasteiger partial charge in [-0.05, 0) is 34.8 Å². The number of Topliss-reactive ketones (excluding diaryl/α,β-unsaturated/α-hetero) is 1. The molecule has 1 aliphatic heterocycles. The van der Waals surface area contributed by atoms with Gasteiger partial charge < -0.3 is 9.64 Å². The van der Waals surface area contributed by atoms with E-state index >= 15 is 0 Å². The SMILES string of the molecule is CCOC(=O)N1CCc2sc(C(=O)C(C)(C)C)c(Br)c2C(C)C1. The first-order chi connectivity index (χ1) is 10.7. The molecule has 0 fully saturated rings. The first-order valence-corrected chi connectivity index (χ1v) is 9.55. The highest BCUT2D eigenvalue weighted by atomic mass is 79.9. The number of halogens is 1. The van der Waals surface area contributed by atoms with Gasteiger partial charge in [0.05, 0.1) is 11.5 Å². The minimum atomic E-state index is -0.397. The van der Waals surface area contributed by atoms with Crippen LogP contribution in [0.15, 0.2) is 4.47 Å². The number of ether oxygens (including phenoxy) is 1. The Morgan fingerprint density at radius 2 is 2.04 bits per heavy atom. The molecule has 0 N–H and O–H groups in total. The number of fused-ring (bicyclic) bond motifs is 1. The smallest absolute Gasteiger partial charge is 0.409 e. The lowest BCUT2D eigenvalue weighted by atomic mass is 9.89. The molecule has 0 bridgehead atoms. The van der Waals surface area contributed by atoms with Gasteiger partial charge in [-0.2, -0.15) is 0 Å². The van der Waals surface area contributed by atoms with Crippen molar-refractivity contribution in [2.24, 2.45) is 5.41 Å². The van der Waals surface area contributed by atoms with E-state index in [1.807, 2.05) is 27.7 Å². The van der Waals surface area contributed by atoms with Crippen molar-refractivity contribution in [3.63, 3.8) is 0 Å². The van der Waals surface area contributed by atoms with Gasteiger partial charge in [-0.1, -0.05) is 27.7 Å². The zero-order valence-corrected chi connectivity index (χ0v) is 16.8. The Balaban J connectivity index is 2.31. The van der Waals surface area contributed by atoms with Crippen LogP contribution >= 0.6 is 27.3 Å². The molecular weight excluding hydrogens is 378 g/mol. The summed E-state index contributed by atoms with van der Waals surface area (Å²) in [5, 5.41) is 0. The first kappa shape index (κ1) is 18.5. The molecule has 0 aliphatic carbocycles. The van der Waals surface area contributed by atoms with Crippen LogP contribution in [0.25, 0.3) is 0 Å². The van der Waals surface area contributed by atoms with E-state index in [0.29, 0.717) is 19.7 Å². The summed E-state index contributed by atoms with van der Waals surface area (Å²) in [6.07, 6.45) is 0.510. The Kier molecular flexibility index (Phi) is 5.56. The molecule has 2 heterocycles. The zero-order chi connectivity index (χ0) is 17.4. The number of carbonyl (C=O) groups is 2. The van der Waals surface area contributed by atoms with Crippen LogP contribution in [0.4, 0.5) is 4.79 Å². The molecule has 1 unspecified atom stereocenters. The molecular formula is C17H24BrNO3S. The fourth-order valence-corrected chi connectivity index (χ4v) is 5.40. The average Bonchev–Trinajstić information content (AvgIpc) is 2.68. The summed E-state index contributed by atoms with van der Waals surface area (Å²) < 4.78 is 6.03. The van der Waals surface area contributed by atoms with E-state index in [-0.39, 0.29) is 17.8 Å². The number of nitrogens with zero attached hydrogens (tertiary/aromatic N) is 1. The standard InChI is InChI=1S/C17H24BrNO3S/c1-6-22-16(21)19-8-7-11-12(10(2)9-19)13(18)14(23-11)15(20)17(3,4)5/h10H,6-9H2,1-5H3. The molecule has 4 nitrogen and oxygen atoms in total. The van der Waals surface area contributed by atoms with E-state index in [1.165, 1.54) is 10.4 Å². The Morgan fingerprint density at radius 3 is 2.61 bits per heavy atom. The van der Waals surface area contributed by atoms with Gasteiger partial charge >= 0.3 is 6.09 Å². The number of carbonyl (C=O) groups excluding carboxylic acids is 2. The van der Waals surface area contributed by atoms with E-state index < -0.39 is 5.41 Å². The lowest BCUT2D eigenvalue weighted by Crippen LogP contribution is -2.34. The number of hydrogen-bond donors (Lipinski definition) is 0. The van der Waals surface area contributed by atoms with E-state index in [2.05, 4.69) is 22.9 Å². The van der Waals surface area contributed by atoms with Gasteiger partial charge in [0.15, 0.2) is 5.78 Å². The van der Waals surface area contributed by atoms with Crippen molar-refractivity contribution >= 4 is 39.1 Å². The number of thiophene rings is 1.